The number of hydrogen-bond donors (Lipinski definition) is 1. The summed E-state index contributed by atoms with van der Waals surface area (Å²) in [6, 6.07) is 5.76. The van der Waals surface area contributed by atoms with Crippen molar-refractivity contribution < 1.29 is 0 Å². The van der Waals surface area contributed by atoms with Gasteiger partial charge < -0.3 is 5.32 Å². The van der Waals surface area contributed by atoms with Gasteiger partial charge in [-0.25, -0.2) is 4.52 Å². The van der Waals surface area contributed by atoms with Gasteiger partial charge in [-0.15, -0.1) is 5.10 Å². The molecule has 0 aromatic carbocycles. The van der Waals surface area contributed by atoms with Crippen LogP contribution < -0.4 is 5.32 Å². The molecule has 0 radical (unpaired) electrons. The molecular weight excluding hydrogens is 296 g/mol. The first-order valence-electron chi connectivity index (χ1n) is 5.55. The molecule has 0 aliphatic carbocycles. The van der Waals surface area contributed by atoms with E-state index in [0.717, 1.165) is 23.2 Å². The van der Waals surface area contributed by atoms with Crippen molar-refractivity contribution in [2.75, 3.05) is 11.9 Å². The fourth-order valence-corrected chi connectivity index (χ4v) is 2.09. The van der Waals surface area contributed by atoms with E-state index in [2.05, 4.69) is 36.4 Å². The van der Waals surface area contributed by atoms with Crippen molar-refractivity contribution in [3.05, 3.63) is 41.3 Å². The van der Waals surface area contributed by atoms with Crippen LogP contribution in [0.15, 0.2) is 41.3 Å². The molecule has 3 aromatic rings. The summed E-state index contributed by atoms with van der Waals surface area (Å²) in [5.74, 6) is 0.619. The summed E-state index contributed by atoms with van der Waals surface area (Å²) in [5.41, 5.74) is 0.805. The molecule has 0 atom stereocenters. The lowest BCUT2D eigenvalue weighted by Gasteiger charge is -2.01. The van der Waals surface area contributed by atoms with Gasteiger partial charge in [0.2, 0.25) is 5.95 Å². The van der Waals surface area contributed by atoms with Crippen LogP contribution in [0.3, 0.4) is 0 Å². The maximum atomic E-state index is 4.40. The minimum Gasteiger partial charge on any atom is -0.351 e. The molecule has 0 aliphatic heterocycles. The highest BCUT2D eigenvalue weighted by Crippen LogP contribution is 2.16. The second-order valence-corrected chi connectivity index (χ2v) is 4.61. The first kappa shape index (κ1) is 11.2. The van der Waals surface area contributed by atoms with E-state index in [1.807, 2.05) is 35.3 Å². The van der Waals surface area contributed by atoms with Gasteiger partial charge in [-0.1, -0.05) is 0 Å². The zero-order valence-electron chi connectivity index (χ0n) is 9.49. The van der Waals surface area contributed by atoms with Crippen molar-refractivity contribution in [3.63, 3.8) is 0 Å². The summed E-state index contributed by atoms with van der Waals surface area (Å²) in [4.78, 5) is 4.40. The Morgan fingerprint density at radius 2 is 2.22 bits per heavy atom. The molecule has 0 saturated carbocycles. The largest absolute Gasteiger partial charge is 0.351 e. The van der Waals surface area contributed by atoms with E-state index in [1.54, 1.807) is 10.7 Å². The molecule has 0 spiro atoms. The lowest BCUT2D eigenvalue weighted by molar-refractivity contribution is 0.636. The molecule has 0 amide bonds. The second kappa shape index (κ2) is 4.77. The third kappa shape index (κ3) is 2.21. The predicted octanol–water partition coefficient (Wildman–Crippen LogP) is 1.80. The molecule has 3 rings (SSSR count). The van der Waals surface area contributed by atoms with Gasteiger partial charge in [0.05, 0.1) is 11.0 Å². The Bertz CT molecular complexity index is 645. The predicted molar refractivity (Wildman–Crippen MR) is 71.4 cm³/mol. The number of pyridine rings is 1. The normalized spacial score (nSPS) is 10.9. The highest BCUT2D eigenvalue weighted by atomic mass is 79.9. The van der Waals surface area contributed by atoms with Gasteiger partial charge in [0.1, 0.15) is 0 Å². The number of anilines is 1. The summed E-state index contributed by atoms with van der Waals surface area (Å²) in [7, 11) is 0. The molecule has 1 N–H and O–H groups in total. The number of fused-ring (bicyclic) bond motifs is 1. The second-order valence-electron chi connectivity index (χ2n) is 3.76. The Hall–Kier alpha value is -1.89. The van der Waals surface area contributed by atoms with Crippen LogP contribution in [0.1, 0.15) is 0 Å². The lowest BCUT2D eigenvalue weighted by atomic mass is 10.5. The summed E-state index contributed by atoms with van der Waals surface area (Å²) >= 11 is 3.44. The summed E-state index contributed by atoms with van der Waals surface area (Å²) in [6.07, 6.45) is 5.56. The molecule has 0 unspecified atom stereocenters. The number of aromatic nitrogens is 5. The van der Waals surface area contributed by atoms with Crippen LogP contribution in [0.2, 0.25) is 0 Å². The van der Waals surface area contributed by atoms with Crippen molar-refractivity contribution in [3.8, 4) is 0 Å². The average Bonchev–Trinajstić information content (AvgIpc) is 2.98. The molecule has 3 heterocycles. The minimum absolute atomic E-state index is 0.619. The van der Waals surface area contributed by atoms with Crippen molar-refractivity contribution in [2.24, 2.45) is 0 Å². The molecule has 0 saturated heterocycles. The maximum absolute atomic E-state index is 4.40. The minimum atomic E-state index is 0.619. The van der Waals surface area contributed by atoms with Crippen molar-refractivity contribution >= 4 is 27.5 Å². The van der Waals surface area contributed by atoms with E-state index in [0.29, 0.717) is 5.95 Å². The molecule has 0 bridgehead atoms. The number of nitrogens with one attached hydrogen (secondary N) is 1. The van der Waals surface area contributed by atoms with Crippen LogP contribution >= 0.6 is 15.9 Å². The fraction of sp³-hybridized carbons (Fsp3) is 0.182. The van der Waals surface area contributed by atoms with Gasteiger partial charge in [-0.3, -0.25) is 4.68 Å². The highest BCUT2D eigenvalue weighted by molar-refractivity contribution is 9.10. The molecular formula is C11H11BrN6. The third-order valence-corrected chi connectivity index (χ3v) is 3.12. The summed E-state index contributed by atoms with van der Waals surface area (Å²) in [5, 5.41) is 11.6. The van der Waals surface area contributed by atoms with Crippen LogP contribution in [-0.4, -0.2) is 30.9 Å². The Morgan fingerprint density at radius 3 is 3.00 bits per heavy atom. The van der Waals surface area contributed by atoms with Crippen LogP contribution in [0.25, 0.3) is 5.65 Å². The van der Waals surface area contributed by atoms with Gasteiger partial charge in [0.25, 0.3) is 0 Å². The molecule has 3 aromatic heterocycles. The Balaban J connectivity index is 1.69. The van der Waals surface area contributed by atoms with Crippen LogP contribution in [0.5, 0.6) is 0 Å². The van der Waals surface area contributed by atoms with Gasteiger partial charge >= 0.3 is 0 Å². The molecule has 0 aliphatic rings. The summed E-state index contributed by atoms with van der Waals surface area (Å²) in [6.45, 7) is 1.51. The molecule has 6 nitrogen and oxygen atoms in total. The maximum Gasteiger partial charge on any atom is 0.243 e. The van der Waals surface area contributed by atoms with Gasteiger partial charge in [-0.05, 0) is 34.1 Å². The Kier molecular flexibility index (Phi) is 2.97. The zero-order chi connectivity index (χ0) is 12.4. The number of halogens is 1. The van der Waals surface area contributed by atoms with E-state index in [9.17, 15) is 0 Å². The first-order valence-corrected chi connectivity index (χ1v) is 6.34. The summed E-state index contributed by atoms with van der Waals surface area (Å²) < 4.78 is 4.52. The van der Waals surface area contributed by atoms with E-state index in [-0.39, 0.29) is 0 Å². The molecule has 92 valence electrons. The van der Waals surface area contributed by atoms with E-state index in [1.165, 1.54) is 0 Å². The Labute approximate surface area is 112 Å². The van der Waals surface area contributed by atoms with Gasteiger partial charge in [0, 0.05) is 25.1 Å². The molecule has 0 fully saturated rings. The van der Waals surface area contributed by atoms with Crippen molar-refractivity contribution in [1.29, 1.82) is 0 Å². The topological polar surface area (TPSA) is 60.0 Å². The van der Waals surface area contributed by atoms with Crippen molar-refractivity contribution in [1.82, 2.24) is 24.4 Å². The standard InChI is InChI=1S/C11H11BrN6/c12-9-3-1-7-18-10(9)15-11(16-18)13-5-8-17-6-2-4-14-17/h1-4,6-7H,5,8H2,(H,13,16). The third-order valence-electron chi connectivity index (χ3n) is 2.50. The van der Waals surface area contributed by atoms with E-state index >= 15 is 0 Å². The van der Waals surface area contributed by atoms with Crippen LogP contribution in [0, 0.1) is 0 Å². The molecule has 7 heteroatoms. The smallest absolute Gasteiger partial charge is 0.243 e. The van der Waals surface area contributed by atoms with Gasteiger partial charge in [-0.2, -0.15) is 10.1 Å². The highest BCUT2D eigenvalue weighted by Gasteiger charge is 2.05. The number of hydrogen-bond acceptors (Lipinski definition) is 4. The SMILES string of the molecule is Brc1cccn2nc(NCCn3cccn3)nc12. The first-order chi connectivity index (χ1) is 8.83. The quantitative estimate of drug-likeness (QED) is 0.798. The van der Waals surface area contributed by atoms with Gasteiger partial charge in [0.15, 0.2) is 5.65 Å². The fourth-order valence-electron chi connectivity index (χ4n) is 1.66. The van der Waals surface area contributed by atoms with E-state index in [4.69, 9.17) is 0 Å². The average molecular weight is 307 g/mol. The van der Waals surface area contributed by atoms with Crippen LogP contribution in [-0.2, 0) is 6.54 Å². The molecule has 18 heavy (non-hydrogen) atoms. The number of nitrogens with zero attached hydrogens (tertiary/aromatic N) is 5. The lowest BCUT2D eigenvalue weighted by Crippen LogP contribution is -2.11. The Morgan fingerprint density at radius 1 is 1.28 bits per heavy atom. The monoisotopic (exact) mass is 306 g/mol. The van der Waals surface area contributed by atoms with E-state index < -0.39 is 0 Å². The zero-order valence-corrected chi connectivity index (χ0v) is 11.1. The number of rotatable bonds is 4. The van der Waals surface area contributed by atoms with Crippen LogP contribution in [0.4, 0.5) is 5.95 Å². The van der Waals surface area contributed by atoms with Crippen molar-refractivity contribution in [2.45, 2.75) is 6.54 Å².